The molecule has 0 saturated heterocycles. The van der Waals surface area contributed by atoms with E-state index < -0.39 is 9.73 Å². The van der Waals surface area contributed by atoms with E-state index in [9.17, 15) is 4.21 Å². The Hall–Kier alpha value is -0.0900. The Morgan fingerprint density at radius 1 is 1.46 bits per heavy atom. The second-order valence-electron chi connectivity index (χ2n) is 4.18. The van der Waals surface area contributed by atoms with Crippen LogP contribution in [-0.2, 0) is 9.73 Å². The maximum Gasteiger partial charge on any atom is 0.0487 e. The third-order valence-corrected chi connectivity index (χ3v) is 3.42. The summed E-state index contributed by atoms with van der Waals surface area (Å²) in [6.07, 6.45) is 8.01. The summed E-state index contributed by atoms with van der Waals surface area (Å²) in [7, 11) is -1.90. The molecular formula is C9H20N2OS. The van der Waals surface area contributed by atoms with Crippen LogP contribution in [0.2, 0.25) is 0 Å². The average Bonchev–Trinajstić information content (AvgIpc) is 2.34. The van der Waals surface area contributed by atoms with Crippen molar-refractivity contribution in [2.24, 2.45) is 16.0 Å². The molecule has 1 aliphatic rings. The molecule has 13 heavy (non-hydrogen) atoms. The van der Waals surface area contributed by atoms with Crippen LogP contribution in [0, 0.1) is 5.92 Å². The molecule has 1 fully saturated rings. The van der Waals surface area contributed by atoms with Gasteiger partial charge in [-0.15, -0.1) is 0 Å². The molecule has 78 valence electrons. The van der Waals surface area contributed by atoms with E-state index in [1.54, 1.807) is 12.5 Å². The van der Waals surface area contributed by atoms with Crippen molar-refractivity contribution in [3.63, 3.8) is 0 Å². The van der Waals surface area contributed by atoms with Crippen molar-refractivity contribution in [3.8, 4) is 0 Å². The van der Waals surface area contributed by atoms with E-state index in [1.165, 1.54) is 12.8 Å². The second kappa shape index (κ2) is 4.42. The Kier molecular flexibility index (Phi) is 3.74. The van der Waals surface area contributed by atoms with Crippen LogP contribution in [0.25, 0.3) is 0 Å². The van der Waals surface area contributed by atoms with E-state index in [-0.39, 0.29) is 0 Å². The zero-order valence-electron chi connectivity index (χ0n) is 8.53. The van der Waals surface area contributed by atoms with Gasteiger partial charge in [-0.3, -0.25) is 4.21 Å². The summed E-state index contributed by atoms with van der Waals surface area (Å²) in [5.74, 6) is 0.616. The molecule has 0 aromatic carbocycles. The lowest BCUT2D eigenvalue weighted by Gasteiger charge is -2.13. The van der Waals surface area contributed by atoms with E-state index in [0.717, 1.165) is 12.8 Å². The van der Waals surface area contributed by atoms with Crippen molar-refractivity contribution in [3.05, 3.63) is 0 Å². The van der Waals surface area contributed by atoms with Crippen LogP contribution in [0.5, 0.6) is 0 Å². The minimum atomic E-state index is -1.90. The van der Waals surface area contributed by atoms with Crippen LogP contribution in [0.4, 0.5) is 0 Å². The molecule has 1 aliphatic carbocycles. The first kappa shape index (κ1) is 11.0. The van der Waals surface area contributed by atoms with Crippen LogP contribution in [0.15, 0.2) is 4.36 Å². The number of rotatable bonds is 3. The maximum atomic E-state index is 11.2. The van der Waals surface area contributed by atoms with E-state index in [0.29, 0.717) is 18.5 Å². The summed E-state index contributed by atoms with van der Waals surface area (Å²) in [6, 6.07) is 0.361. The Labute approximate surface area is 81.3 Å². The lowest BCUT2D eigenvalue weighted by Crippen LogP contribution is -2.24. The molecule has 0 bridgehead atoms. The molecule has 4 heteroatoms. The third-order valence-electron chi connectivity index (χ3n) is 2.62. The molecule has 1 rings (SSSR count). The quantitative estimate of drug-likeness (QED) is 0.752. The number of nitrogens with two attached hydrogens (primary N) is 1. The summed E-state index contributed by atoms with van der Waals surface area (Å²) >= 11 is 0. The van der Waals surface area contributed by atoms with Crippen LogP contribution >= 0.6 is 0 Å². The molecule has 0 aromatic rings. The van der Waals surface area contributed by atoms with Gasteiger partial charge in [-0.25, -0.2) is 4.36 Å². The highest BCUT2D eigenvalue weighted by Gasteiger charge is 2.22. The van der Waals surface area contributed by atoms with Crippen molar-refractivity contribution >= 4 is 9.73 Å². The highest BCUT2D eigenvalue weighted by Crippen LogP contribution is 2.26. The normalized spacial score (nSPS) is 29.2. The Morgan fingerprint density at radius 2 is 2.15 bits per heavy atom. The van der Waals surface area contributed by atoms with Crippen LogP contribution in [-0.4, -0.2) is 29.3 Å². The monoisotopic (exact) mass is 204 g/mol. The van der Waals surface area contributed by atoms with E-state index in [1.807, 2.05) is 0 Å². The molecule has 3 nitrogen and oxygen atoms in total. The van der Waals surface area contributed by atoms with Crippen LogP contribution < -0.4 is 5.73 Å². The van der Waals surface area contributed by atoms with Gasteiger partial charge in [-0.05, 0) is 25.2 Å². The van der Waals surface area contributed by atoms with E-state index >= 15 is 0 Å². The minimum absolute atomic E-state index is 0.361. The fraction of sp³-hybridized carbons (Fsp3) is 1.00. The van der Waals surface area contributed by atoms with Gasteiger partial charge in [-0.1, -0.05) is 6.42 Å². The molecule has 1 saturated carbocycles. The first-order chi connectivity index (χ1) is 5.99. The maximum absolute atomic E-state index is 11.2. The summed E-state index contributed by atoms with van der Waals surface area (Å²) in [5, 5.41) is 0. The van der Waals surface area contributed by atoms with Crippen molar-refractivity contribution in [2.45, 2.75) is 31.7 Å². The predicted molar refractivity (Wildman–Crippen MR) is 57.2 cm³/mol. The summed E-state index contributed by atoms with van der Waals surface area (Å²) < 4.78 is 15.4. The Bertz CT molecular complexity index is 261. The molecule has 0 amide bonds. The predicted octanol–water partition coefficient (Wildman–Crippen LogP) is 1.23. The Morgan fingerprint density at radius 3 is 2.62 bits per heavy atom. The zero-order chi connectivity index (χ0) is 9.90. The molecule has 0 aromatic heterocycles. The van der Waals surface area contributed by atoms with Crippen molar-refractivity contribution < 1.29 is 4.21 Å². The lowest BCUT2D eigenvalue weighted by atomic mass is 10.0. The highest BCUT2D eigenvalue weighted by molar-refractivity contribution is 7.92. The number of hydrogen-bond donors (Lipinski definition) is 1. The smallest absolute Gasteiger partial charge is 0.0487 e. The van der Waals surface area contributed by atoms with E-state index in [2.05, 4.69) is 4.36 Å². The average molecular weight is 204 g/mol. The van der Waals surface area contributed by atoms with Gasteiger partial charge in [0.1, 0.15) is 0 Å². The molecule has 0 spiro atoms. The SMILES string of the molecule is CS(C)(=O)=NCC[C@@H]1CCC[C@H]1N. The van der Waals surface area contributed by atoms with Gasteiger partial charge >= 0.3 is 0 Å². The molecule has 0 aliphatic heterocycles. The van der Waals surface area contributed by atoms with Gasteiger partial charge in [0.2, 0.25) is 0 Å². The van der Waals surface area contributed by atoms with Crippen molar-refractivity contribution in [1.82, 2.24) is 0 Å². The van der Waals surface area contributed by atoms with Gasteiger partial charge in [0.25, 0.3) is 0 Å². The molecule has 2 N–H and O–H groups in total. The molecular weight excluding hydrogens is 184 g/mol. The molecule has 0 unspecified atom stereocenters. The highest BCUT2D eigenvalue weighted by atomic mass is 32.2. The standard InChI is InChI=1S/C9H20N2OS/c1-13(2,12)11-7-6-8-4-3-5-9(8)10/h8-9H,3-7,10H2,1-2H3/t8-,9+/m0/s1. The second-order valence-corrected chi connectivity index (χ2v) is 6.80. The summed E-state index contributed by atoms with van der Waals surface area (Å²) in [5.41, 5.74) is 5.92. The van der Waals surface area contributed by atoms with Gasteiger partial charge in [-0.2, -0.15) is 0 Å². The van der Waals surface area contributed by atoms with E-state index in [4.69, 9.17) is 5.73 Å². The number of hydrogen-bond acceptors (Lipinski definition) is 3. The zero-order valence-corrected chi connectivity index (χ0v) is 9.35. The number of nitrogens with zero attached hydrogens (tertiary/aromatic N) is 1. The Balaban J connectivity index is 2.31. The molecule has 0 radical (unpaired) electrons. The largest absolute Gasteiger partial charge is 0.327 e. The summed E-state index contributed by atoms with van der Waals surface area (Å²) in [6.45, 7) is 0.712. The van der Waals surface area contributed by atoms with Crippen molar-refractivity contribution in [2.75, 3.05) is 19.1 Å². The fourth-order valence-corrected chi connectivity index (χ4v) is 2.41. The third kappa shape index (κ3) is 4.09. The van der Waals surface area contributed by atoms with Crippen molar-refractivity contribution in [1.29, 1.82) is 0 Å². The van der Waals surface area contributed by atoms with Gasteiger partial charge < -0.3 is 5.73 Å². The minimum Gasteiger partial charge on any atom is -0.327 e. The fourth-order valence-electron chi connectivity index (χ4n) is 1.86. The molecule has 0 heterocycles. The van der Waals surface area contributed by atoms with Gasteiger partial charge in [0, 0.05) is 34.8 Å². The van der Waals surface area contributed by atoms with Gasteiger partial charge in [0.15, 0.2) is 0 Å². The lowest BCUT2D eigenvalue weighted by molar-refractivity contribution is 0.454. The first-order valence-corrected chi connectivity index (χ1v) is 7.20. The summed E-state index contributed by atoms with van der Waals surface area (Å²) in [4.78, 5) is 0. The van der Waals surface area contributed by atoms with Gasteiger partial charge in [0.05, 0.1) is 0 Å². The first-order valence-electron chi connectivity index (χ1n) is 4.87. The van der Waals surface area contributed by atoms with Crippen LogP contribution in [0.3, 0.4) is 0 Å². The molecule has 2 atom stereocenters. The van der Waals surface area contributed by atoms with Crippen LogP contribution in [0.1, 0.15) is 25.7 Å². The topological polar surface area (TPSA) is 55.5 Å².